The number of hydrogen-bond acceptors (Lipinski definition) is 3. The monoisotopic (exact) mass is 141 g/mol. The van der Waals surface area contributed by atoms with Crippen molar-refractivity contribution in [3.05, 3.63) is 17.6 Å². The number of nitrogens with two attached hydrogens (primary N) is 1. The van der Waals surface area contributed by atoms with Crippen molar-refractivity contribution >= 4 is 11.7 Å². The van der Waals surface area contributed by atoms with E-state index in [4.69, 9.17) is 15.3 Å². The molecule has 0 amide bonds. The van der Waals surface area contributed by atoms with Gasteiger partial charge in [-0.2, -0.15) is 0 Å². The van der Waals surface area contributed by atoms with E-state index in [2.05, 4.69) is 0 Å². The average molecular weight is 141 g/mol. The average Bonchev–Trinajstić information content (AvgIpc) is 2.13. The molecule has 10 heavy (non-hydrogen) atoms. The highest BCUT2D eigenvalue weighted by Gasteiger charge is 2.09. The van der Waals surface area contributed by atoms with Crippen LogP contribution in [0.4, 0.5) is 5.69 Å². The third-order valence-electron chi connectivity index (χ3n) is 1.17. The first kappa shape index (κ1) is 6.67. The minimum absolute atomic E-state index is 0.116. The van der Waals surface area contributed by atoms with Crippen molar-refractivity contribution in [2.45, 2.75) is 6.92 Å². The maximum absolute atomic E-state index is 10.2. The van der Waals surface area contributed by atoms with E-state index in [9.17, 15) is 4.79 Å². The van der Waals surface area contributed by atoms with Crippen LogP contribution in [0, 0.1) is 6.92 Å². The Balaban J connectivity index is 3.10. The fourth-order valence-electron chi connectivity index (χ4n) is 0.602. The maximum atomic E-state index is 10.2. The molecular formula is C6H7NO3. The second-order valence-electron chi connectivity index (χ2n) is 1.93. The molecule has 0 fully saturated rings. The van der Waals surface area contributed by atoms with Gasteiger partial charge < -0.3 is 15.3 Å². The SMILES string of the molecule is Cc1oc(C(=O)O)cc1N. The molecule has 1 aromatic rings. The van der Waals surface area contributed by atoms with E-state index in [1.807, 2.05) is 0 Å². The van der Waals surface area contributed by atoms with Crippen LogP contribution in [0.5, 0.6) is 0 Å². The number of carboxylic acids is 1. The lowest BCUT2D eigenvalue weighted by atomic mass is 10.4. The Bertz CT molecular complexity index is 244. The molecule has 0 atom stereocenters. The van der Waals surface area contributed by atoms with Gasteiger partial charge in [-0.05, 0) is 6.92 Å². The first-order chi connectivity index (χ1) is 4.61. The van der Waals surface area contributed by atoms with E-state index in [1.54, 1.807) is 6.92 Å². The van der Waals surface area contributed by atoms with Gasteiger partial charge in [0.25, 0.3) is 0 Å². The van der Waals surface area contributed by atoms with Crippen molar-refractivity contribution < 1.29 is 14.3 Å². The van der Waals surface area contributed by atoms with Gasteiger partial charge in [0.15, 0.2) is 0 Å². The number of anilines is 1. The van der Waals surface area contributed by atoms with E-state index in [0.29, 0.717) is 11.4 Å². The minimum atomic E-state index is -1.10. The summed E-state index contributed by atoms with van der Waals surface area (Å²) in [5, 5.41) is 8.37. The highest BCUT2D eigenvalue weighted by Crippen LogP contribution is 2.15. The molecule has 0 aliphatic rings. The summed E-state index contributed by atoms with van der Waals surface area (Å²) in [6.45, 7) is 1.61. The molecular weight excluding hydrogens is 134 g/mol. The first-order valence-electron chi connectivity index (χ1n) is 2.70. The summed E-state index contributed by atoms with van der Waals surface area (Å²) in [7, 11) is 0. The normalized spacial score (nSPS) is 9.70. The summed E-state index contributed by atoms with van der Waals surface area (Å²) in [6.07, 6.45) is 0. The van der Waals surface area contributed by atoms with Crippen LogP contribution in [0.25, 0.3) is 0 Å². The smallest absolute Gasteiger partial charge is 0.371 e. The molecule has 1 rings (SSSR count). The molecule has 0 saturated carbocycles. The van der Waals surface area contributed by atoms with Crippen molar-refractivity contribution in [1.29, 1.82) is 0 Å². The third kappa shape index (κ3) is 0.953. The summed E-state index contributed by atoms with van der Waals surface area (Å²) in [5.41, 5.74) is 5.69. The second kappa shape index (κ2) is 2.06. The topological polar surface area (TPSA) is 76.5 Å². The van der Waals surface area contributed by atoms with Crippen LogP contribution in [0.15, 0.2) is 10.5 Å². The molecule has 0 spiro atoms. The van der Waals surface area contributed by atoms with Crippen LogP contribution in [-0.4, -0.2) is 11.1 Å². The van der Waals surface area contributed by atoms with Crippen LogP contribution < -0.4 is 5.73 Å². The zero-order chi connectivity index (χ0) is 7.72. The van der Waals surface area contributed by atoms with E-state index >= 15 is 0 Å². The number of aryl methyl sites for hydroxylation is 1. The Morgan fingerprint density at radius 3 is 2.60 bits per heavy atom. The molecule has 0 aromatic carbocycles. The minimum Gasteiger partial charge on any atom is -0.475 e. The zero-order valence-corrected chi connectivity index (χ0v) is 5.42. The van der Waals surface area contributed by atoms with Gasteiger partial charge >= 0.3 is 5.97 Å². The molecule has 3 N–H and O–H groups in total. The van der Waals surface area contributed by atoms with Gasteiger partial charge in [0, 0.05) is 6.07 Å². The number of hydrogen-bond donors (Lipinski definition) is 2. The summed E-state index contributed by atoms with van der Waals surface area (Å²) < 4.78 is 4.75. The molecule has 4 nitrogen and oxygen atoms in total. The molecule has 0 bridgehead atoms. The van der Waals surface area contributed by atoms with E-state index in [-0.39, 0.29) is 5.76 Å². The Labute approximate surface area is 57.3 Å². The van der Waals surface area contributed by atoms with E-state index in [0.717, 1.165) is 0 Å². The molecule has 1 aromatic heterocycles. The highest BCUT2D eigenvalue weighted by atomic mass is 16.4. The largest absolute Gasteiger partial charge is 0.475 e. The van der Waals surface area contributed by atoms with Gasteiger partial charge in [-0.15, -0.1) is 0 Å². The fourth-order valence-corrected chi connectivity index (χ4v) is 0.602. The molecule has 0 aliphatic heterocycles. The Hall–Kier alpha value is -1.45. The van der Waals surface area contributed by atoms with Crippen LogP contribution >= 0.6 is 0 Å². The van der Waals surface area contributed by atoms with Gasteiger partial charge in [0.1, 0.15) is 5.76 Å². The molecule has 0 unspecified atom stereocenters. The lowest BCUT2D eigenvalue weighted by Crippen LogP contribution is -1.91. The molecule has 1 heterocycles. The second-order valence-corrected chi connectivity index (χ2v) is 1.93. The number of rotatable bonds is 1. The molecule has 0 saturated heterocycles. The van der Waals surface area contributed by atoms with Crippen LogP contribution in [0.2, 0.25) is 0 Å². The van der Waals surface area contributed by atoms with Crippen LogP contribution in [0.3, 0.4) is 0 Å². The Morgan fingerprint density at radius 2 is 2.40 bits per heavy atom. The lowest BCUT2D eigenvalue weighted by molar-refractivity contribution is 0.0661. The number of furan rings is 1. The standard InChI is InChI=1S/C6H7NO3/c1-3-4(7)2-5(10-3)6(8)9/h2H,7H2,1H3,(H,8,9). The first-order valence-corrected chi connectivity index (χ1v) is 2.70. The fraction of sp³-hybridized carbons (Fsp3) is 0.167. The summed E-state index contributed by atoms with van der Waals surface area (Å²) >= 11 is 0. The van der Waals surface area contributed by atoms with Gasteiger partial charge in [-0.3, -0.25) is 0 Å². The third-order valence-corrected chi connectivity index (χ3v) is 1.17. The van der Waals surface area contributed by atoms with Gasteiger partial charge in [0.05, 0.1) is 5.69 Å². The maximum Gasteiger partial charge on any atom is 0.371 e. The number of nitrogen functional groups attached to an aromatic ring is 1. The predicted octanol–water partition coefficient (Wildman–Crippen LogP) is 0.868. The highest BCUT2D eigenvalue weighted by molar-refractivity contribution is 5.85. The van der Waals surface area contributed by atoms with Crippen molar-refractivity contribution in [2.24, 2.45) is 0 Å². The quantitative estimate of drug-likeness (QED) is 0.608. The Morgan fingerprint density at radius 1 is 1.80 bits per heavy atom. The molecule has 4 heteroatoms. The van der Waals surface area contributed by atoms with Crippen molar-refractivity contribution in [1.82, 2.24) is 0 Å². The number of aromatic carboxylic acids is 1. The molecule has 54 valence electrons. The van der Waals surface area contributed by atoms with Crippen molar-refractivity contribution in [3.63, 3.8) is 0 Å². The predicted molar refractivity (Wildman–Crippen MR) is 34.8 cm³/mol. The number of carbonyl (C=O) groups is 1. The van der Waals surface area contributed by atoms with E-state index in [1.165, 1.54) is 6.07 Å². The summed E-state index contributed by atoms with van der Waals surface area (Å²) in [6, 6.07) is 1.29. The van der Waals surface area contributed by atoms with Crippen molar-refractivity contribution in [2.75, 3.05) is 5.73 Å². The van der Waals surface area contributed by atoms with Gasteiger partial charge in [0.2, 0.25) is 5.76 Å². The van der Waals surface area contributed by atoms with Crippen LogP contribution in [-0.2, 0) is 0 Å². The van der Waals surface area contributed by atoms with Crippen LogP contribution in [0.1, 0.15) is 16.3 Å². The lowest BCUT2D eigenvalue weighted by Gasteiger charge is -1.82. The van der Waals surface area contributed by atoms with E-state index < -0.39 is 5.97 Å². The van der Waals surface area contributed by atoms with Gasteiger partial charge in [-0.25, -0.2) is 4.79 Å². The van der Waals surface area contributed by atoms with Crippen molar-refractivity contribution in [3.8, 4) is 0 Å². The summed E-state index contributed by atoms with van der Waals surface area (Å²) in [5.74, 6) is -0.771. The summed E-state index contributed by atoms with van der Waals surface area (Å²) in [4.78, 5) is 10.2. The zero-order valence-electron chi connectivity index (χ0n) is 5.42. The molecule has 0 radical (unpaired) electrons. The number of carboxylic acid groups (broad SMARTS) is 1. The Kier molecular flexibility index (Phi) is 1.37. The van der Waals surface area contributed by atoms with Gasteiger partial charge in [-0.1, -0.05) is 0 Å². The molecule has 0 aliphatic carbocycles.